The molecular formula is C46H59N7O6. The second kappa shape index (κ2) is 19.7. The molecule has 1 fully saturated rings. The number of pyridine rings is 1. The van der Waals surface area contributed by atoms with Gasteiger partial charge in [0.05, 0.1) is 17.8 Å². The van der Waals surface area contributed by atoms with Gasteiger partial charge in [-0.05, 0) is 71.0 Å². The lowest BCUT2D eigenvalue weighted by atomic mass is 9.84. The first-order chi connectivity index (χ1) is 28.0. The van der Waals surface area contributed by atoms with Crippen molar-refractivity contribution in [3.63, 3.8) is 0 Å². The Balaban J connectivity index is 1.37. The minimum absolute atomic E-state index is 0.0368. The SMILES string of the molecule is CC(C)(CNC(=O)O)CC(=O)NC(Cc1ccc(-c2ccccn2)cc1)CC(O)C(Cc1ccccc1)NC(=O)C(N1CCN(Cc2ccc(N)cc2)C1=O)C(C)(C)C. The Morgan fingerprint density at radius 1 is 0.814 bits per heavy atom. The van der Waals surface area contributed by atoms with Gasteiger partial charge in [0.2, 0.25) is 11.8 Å². The van der Waals surface area contributed by atoms with E-state index < -0.39 is 41.2 Å². The maximum absolute atomic E-state index is 14.5. The van der Waals surface area contributed by atoms with Crippen LogP contribution in [0.25, 0.3) is 11.3 Å². The van der Waals surface area contributed by atoms with Gasteiger partial charge < -0.3 is 41.7 Å². The number of hydrogen-bond donors (Lipinski definition) is 6. The minimum Gasteiger partial charge on any atom is -0.465 e. The van der Waals surface area contributed by atoms with Gasteiger partial charge in [0.1, 0.15) is 6.04 Å². The maximum atomic E-state index is 14.5. The molecule has 1 saturated heterocycles. The molecule has 0 aliphatic carbocycles. The van der Waals surface area contributed by atoms with Crippen LogP contribution in [0.4, 0.5) is 15.3 Å². The summed E-state index contributed by atoms with van der Waals surface area (Å²) < 4.78 is 0. The van der Waals surface area contributed by atoms with Gasteiger partial charge in [0.25, 0.3) is 0 Å². The van der Waals surface area contributed by atoms with E-state index in [0.717, 1.165) is 27.9 Å². The number of carbonyl (C=O) groups is 4. The van der Waals surface area contributed by atoms with Gasteiger partial charge >= 0.3 is 12.1 Å². The average Bonchev–Trinajstić information content (AvgIpc) is 3.52. The highest BCUT2D eigenvalue weighted by molar-refractivity contribution is 5.89. The standard InChI is InChI=1S/C46H59N7O6/c1-45(2,3)41(53-24-23-52(44(53)59)29-33-16-20-35(47)21-17-33)42(56)51-38(26-31-11-7-6-8-12-31)39(54)27-36(50-40(55)28-46(4,5)30-49-43(57)58)25-32-14-18-34(19-15-32)37-13-9-10-22-48-37/h6-22,36,38-39,41,49,54H,23-30,47H2,1-5H3,(H,50,55)(H,51,56)(H,57,58). The van der Waals surface area contributed by atoms with E-state index in [1.165, 1.54) is 0 Å². The number of carboxylic acid groups (broad SMARTS) is 1. The number of aliphatic hydroxyl groups excluding tert-OH is 1. The Hall–Kier alpha value is -5.95. The lowest BCUT2D eigenvalue weighted by Gasteiger charge is -2.38. The molecule has 5 amide bonds. The molecule has 0 saturated carbocycles. The molecule has 4 aromatic rings. The van der Waals surface area contributed by atoms with Gasteiger partial charge in [-0.15, -0.1) is 0 Å². The second-order valence-electron chi connectivity index (χ2n) is 17.4. The maximum Gasteiger partial charge on any atom is 0.404 e. The number of nitrogens with zero attached hydrogens (tertiary/aromatic N) is 3. The number of aliphatic hydroxyl groups is 1. The summed E-state index contributed by atoms with van der Waals surface area (Å²) in [5, 5.41) is 29.9. The van der Waals surface area contributed by atoms with E-state index in [4.69, 9.17) is 10.8 Å². The van der Waals surface area contributed by atoms with Crippen molar-refractivity contribution >= 4 is 29.6 Å². The number of nitrogens with one attached hydrogen (secondary N) is 3. The minimum atomic E-state index is -1.17. The summed E-state index contributed by atoms with van der Waals surface area (Å²) in [4.78, 5) is 61.0. The topological polar surface area (TPSA) is 190 Å². The molecule has 0 spiro atoms. The van der Waals surface area contributed by atoms with E-state index in [9.17, 15) is 24.3 Å². The lowest BCUT2D eigenvalue weighted by Crippen LogP contribution is -2.58. The molecule has 4 unspecified atom stereocenters. The fourth-order valence-corrected chi connectivity index (χ4v) is 7.62. The Kier molecular flexibility index (Phi) is 14.7. The predicted molar refractivity (Wildman–Crippen MR) is 229 cm³/mol. The third-order valence-corrected chi connectivity index (χ3v) is 10.6. The highest BCUT2D eigenvalue weighted by atomic mass is 16.4. The number of hydrogen-bond acceptors (Lipinski definition) is 7. The molecule has 1 aliphatic rings. The average molecular weight is 806 g/mol. The van der Waals surface area contributed by atoms with Crippen molar-refractivity contribution in [2.24, 2.45) is 10.8 Å². The van der Waals surface area contributed by atoms with Crippen LogP contribution < -0.4 is 21.7 Å². The van der Waals surface area contributed by atoms with Crippen LogP contribution in [0.15, 0.2) is 103 Å². The number of anilines is 1. The van der Waals surface area contributed by atoms with Crippen molar-refractivity contribution in [3.05, 3.63) is 120 Å². The second-order valence-corrected chi connectivity index (χ2v) is 17.4. The van der Waals surface area contributed by atoms with Crippen LogP contribution in [0.3, 0.4) is 0 Å². The number of carbonyl (C=O) groups excluding carboxylic acids is 3. The molecule has 4 atom stereocenters. The number of aromatic nitrogens is 1. The molecule has 13 heteroatoms. The fraction of sp³-hybridized carbons (Fsp3) is 0.413. The number of rotatable bonds is 18. The number of benzene rings is 3. The summed E-state index contributed by atoms with van der Waals surface area (Å²) in [6, 6.07) is 28.1. The monoisotopic (exact) mass is 805 g/mol. The first kappa shape index (κ1) is 44.2. The molecule has 0 bridgehead atoms. The molecule has 2 heterocycles. The number of urea groups is 1. The van der Waals surface area contributed by atoms with Gasteiger partial charge in [0.15, 0.2) is 0 Å². The van der Waals surface area contributed by atoms with Gasteiger partial charge in [-0.3, -0.25) is 14.6 Å². The van der Waals surface area contributed by atoms with E-state index in [1.54, 1.807) is 28.1 Å². The van der Waals surface area contributed by atoms with E-state index >= 15 is 0 Å². The van der Waals surface area contributed by atoms with E-state index in [0.29, 0.717) is 38.2 Å². The van der Waals surface area contributed by atoms with Crippen LogP contribution >= 0.6 is 0 Å². The Morgan fingerprint density at radius 2 is 1.46 bits per heavy atom. The van der Waals surface area contributed by atoms with E-state index in [2.05, 4.69) is 20.9 Å². The zero-order valence-electron chi connectivity index (χ0n) is 34.7. The predicted octanol–water partition coefficient (Wildman–Crippen LogP) is 5.87. The van der Waals surface area contributed by atoms with Crippen molar-refractivity contribution in [1.82, 2.24) is 30.7 Å². The smallest absolute Gasteiger partial charge is 0.404 e. The number of amides is 5. The Morgan fingerprint density at radius 3 is 2.08 bits per heavy atom. The number of nitrogen functional groups attached to an aromatic ring is 1. The zero-order valence-corrected chi connectivity index (χ0v) is 34.7. The van der Waals surface area contributed by atoms with Crippen LogP contribution in [-0.2, 0) is 29.0 Å². The third-order valence-electron chi connectivity index (χ3n) is 10.6. The third kappa shape index (κ3) is 13.0. The highest BCUT2D eigenvalue weighted by Crippen LogP contribution is 2.29. The Labute approximate surface area is 347 Å². The van der Waals surface area contributed by atoms with Crippen molar-refractivity contribution in [2.45, 2.75) is 91.1 Å². The summed E-state index contributed by atoms with van der Waals surface area (Å²) in [7, 11) is 0. The summed E-state index contributed by atoms with van der Waals surface area (Å²) in [5.74, 6) is -0.671. The molecule has 59 heavy (non-hydrogen) atoms. The molecule has 0 radical (unpaired) electrons. The largest absolute Gasteiger partial charge is 0.465 e. The summed E-state index contributed by atoms with van der Waals surface area (Å²) in [6.45, 7) is 10.7. The molecule has 7 N–H and O–H groups in total. The van der Waals surface area contributed by atoms with Gasteiger partial charge in [0, 0.05) is 56.1 Å². The molecule has 5 rings (SSSR count). The molecular weight excluding hydrogens is 747 g/mol. The van der Waals surface area contributed by atoms with Crippen LogP contribution in [0, 0.1) is 10.8 Å². The molecule has 13 nitrogen and oxygen atoms in total. The lowest BCUT2D eigenvalue weighted by molar-refractivity contribution is -0.130. The van der Waals surface area contributed by atoms with Crippen molar-refractivity contribution in [1.29, 1.82) is 0 Å². The van der Waals surface area contributed by atoms with E-state index in [-0.39, 0.29) is 37.2 Å². The normalized spacial score (nSPS) is 15.3. The molecule has 314 valence electrons. The van der Waals surface area contributed by atoms with Crippen LogP contribution in [0.5, 0.6) is 0 Å². The highest BCUT2D eigenvalue weighted by Gasteiger charge is 2.44. The first-order valence-electron chi connectivity index (χ1n) is 20.2. The first-order valence-corrected chi connectivity index (χ1v) is 20.2. The molecule has 3 aromatic carbocycles. The Bertz CT molecular complexity index is 2000. The van der Waals surface area contributed by atoms with Crippen LogP contribution in [0.2, 0.25) is 0 Å². The molecule has 1 aliphatic heterocycles. The van der Waals surface area contributed by atoms with Crippen molar-refractivity contribution in [2.75, 3.05) is 25.4 Å². The summed E-state index contributed by atoms with van der Waals surface area (Å²) in [5.41, 5.74) is 9.69. The van der Waals surface area contributed by atoms with Gasteiger partial charge in [-0.1, -0.05) is 107 Å². The van der Waals surface area contributed by atoms with Gasteiger partial charge in [-0.25, -0.2) is 9.59 Å². The van der Waals surface area contributed by atoms with Crippen LogP contribution in [-0.4, -0.2) is 92.8 Å². The van der Waals surface area contributed by atoms with E-state index in [1.807, 2.05) is 120 Å². The fourth-order valence-electron chi connectivity index (χ4n) is 7.62. The summed E-state index contributed by atoms with van der Waals surface area (Å²) in [6.07, 6.45) is 0.261. The van der Waals surface area contributed by atoms with Crippen LogP contribution in [0.1, 0.15) is 64.2 Å². The van der Waals surface area contributed by atoms with Gasteiger partial charge in [-0.2, -0.15) is 0 Å². The van der Waals surface area contributed by atoms with Crippen molar-refractivity contribution in [3.8, 4) is 11.3 Å². The summed E-state index contributed by atoms with van der Waals surface area (Å²) >= 11 is 0. The molecule has 1 aromatic heterocycles. The number of nitrogens with two attached hydrogens (primary N) is 1. The quantitative estimate of drug-likeness (QED) is 0.0673. The zero-order chi connectivity index (χ0) is 42.7. The van der Waals surface area contributed by atoms with Crippen molar-refractivity contribution < 1.29 is 29.4 Å².